The number of piperidine rings is 1. The number of benzene rings is 2. The van der Waals surface area contributed by atoms with Crippen LogP contribution in [0.2, 0.25) is 0 Å². The lowest BCUT2D eigenvalue weighted by atomic mass is 10.0. The highest BCUT2D eigenvalue weighted by Gasteiger charge is 2.35. The number of hydrogen-bond donors (Lipinski definition) is 1. The van der Waals surface area contributed by atoms with Crippen LogP contribution in [0.15, 0.2) is 85.5 Å². The molecule has 40 heavy (non-hydrogen) atoms. The Labute approximate surface area is 228 Å². The largest absolute Gasteiger partial charge is 0.418 e. The molecule has 0 spiro atoms. The van der Waals surface area contributed by atoms with E-state index in [0.717, 1.165) is 23.4 Å². The molecule has 0 radical (unpaired) electrons. The number of nitrogens with zero attached hydrogens (tertiary/aromatic N) is 4. The number of halogens is 3. The Morgan fingerprint density at radius 3 is 2.25 bits per heavy atom. The molecule has 1 N–H and O–H groups in total. The number of anilines is 1. The second-order valence-electron chi connectivity index (χ2n) is 9.30. The SMILES string of the molecule is O=C(Nc1cnn(C2CCN(C(=O)c3ccc(C#Cc4ccccc4)cc3)CC2)c1)c1ccncc1C(F)(F)F. The lowest BCUT2D eigenvalue weighted by molar-refractivity contribution is -0.138. The minimum Gasteiger partial charge on any atom is -0.338 e. The topological polar surface area (TPSA) is 80.1 Å². The molecule has 10 heteroatoms. The van der Waals surface area contributed by atoms with Crippen LogP contribution in [0.25, 0.3) is 0 Å². The van der Waals surface area contributed by atoms with Crippen molar-refractivity contribution in [2.75, 3.05) is 18.4 Å². The molecule has 0 bridgehead atoms. The molecule has 0 unspecified atom stereocenters. The molecule has 2 aromatic carbocycles. The highest BCUT2D eigenvalue weighted by molar-refractivity contribution is 6.05. The van der Waals surface area contributed by atoms with E-state index in [-0.39, 0.29) is 17.6 Å². The first-order chi connectivity index (χ1) is 19.3. The lowest BCUT2D eigenvalue weighted by Gasteiger charge is -2.32. The number of carbonyl (C=O) groups is 2. The van der Waals surface area contributed by atoms with Gasteiger partial charge in [-0.15, -0.1) is 0 Å². The lowest BCUT2D eigenvalue weighted by Crippen LogP contribution is -2.39. The number of nitrogens with one attached hydrogen (secondary N) is 1. The van der Waals surface area contributed by atoms with Gasteiger partial charge in [0.25, 0.3) is 11.8 Å². The Morgan fingerprint density at radius 1 is 0.900 bits per heavy atom. The molecule has 1 aliphatic rings. The third-order valence-electron chi connectivity index (χ3n) is 6.61. The second kappa shape index (κ2) is 11.5. The molecule has 3 heterocycles. The van der Waals surface area contributed by atoms with Crippen molar-refractivity contribution in [1.29, 1.82) is 0 Å². The van der Waals surface area contributed by atoms with Gasteiger partial charge in [-0.1, -0.05) is 30.0 Å². The van der Waals surface area contributed by atoms with Gasteiger partial charge in [0.2, 0.25) is 0 Å². The minimum absolute atomic E-state index is 0.0167. The van der Waals surface area contributed by atoms with E-state index in [9.17, 15) is 22.8 Å². The summed E-state index contributed by atoms with van der Waals surface area (Å²) in [6.45, 7) is 1.04. The van der Waals surface area contributed by atoms with Gasteiger partial charge in [-0.25, -0.2) is 0 Å². The summed E-state index contributed by atoms with van der Waals surface area (Å²) in [5, 5.41) is 6.76. The maximum absolute atomic E-state index is 13.2. The Morgan fingerprint density at radius 2 is 1.57 bits per heavy atom. The zero-order valence-corrected chi connectivity index (χ0v) is 21.2. The van der Waals surface area contributed by atoms with Crippen molar-refractivity contribution in [3.05, 3.63) is 113 Å². The number of likely N-dealkylation sites (tertiary alicyclic amines) is 1. The maximum Gasteiger partial charge on any atom is 0.418 e. The summed E-state index contributed by atoms with van der Waals surface area (Å²) in [5.74, 6) is 5.24. The summed E-state index contributed by atoms with van der Waals surface area (Å²) in [6.07, 6.45) is 1.33. The summed E-state index contributed by atoms with van der Waals surface area (Å²) in [6, 6.07) is 17.9. The van der Waals surface area contributed by atoms with E-state index < -0.39 is 23.2 Å². The molecule has 1 fully saturated rings. The second-order valence-corrected chi connectivity index (χ2v) is 9.30. The number of pyridine rings is 1. The van der Waals surface area contributed by atoms with Gasteiger partial charge in [0.1, 0.15) is 0 Å². The molecule has 2 amide bonds. The van der Waals surface area contributed by atoms with Crippen molar-refractivity contribution in [2.45, 2.75) is 25.1 Å². The Bertz CT molecular complexity index is 1560. The fraction of sp³-hybridized carbons (Fsp3) is 0.200. The molecule has 1 saturated heterocycles. The quantitative estimate of drug-likeness (QED) is 0.349. The van der Waals surface area contributed by atoms with Crippen molar-refractivity contribution in [3.63, 3.8) is 0 Å². The Kier molecular flexibility index (Phi) is 7.64. The predicted molar refractivity (Wildman–Crippen MR) is 142 cm³/mol. The molecule has 0 aliphatic carbocycles. The maximum atomic E-state index is 13.2. The summed E-state index contributed by atoms with van der Waals surface area (Å²) >= 11 is 0. The minimum atomic E-state index is -4.70. The van der Waals surface area contributed by atoms with Gasteiger partial charge in [-0.05, 0) is 55.3 Å². The van der Waals surface area contributed by atoms with Crippen LogP contribution in [-0.2, 0) is 6.18 Å². The zero-order valence-electron chi connectivity index (χ0n) is 21.2. The number of carbonyl (C=O) groups excluding carboxylic acids is 2. The van der Waals surface area contributed by atoms with Gasteiger partial charge in [0.05, 0.1) is 29.1 Å². The number of aromatic nitrogens is 3. The Hall–Kier alpha value is -4.91. The number of rotatable bonds is 4. The third-order valence-corrected chi connectivity index (χ3v) is 6.61. The highest BCUT2D eigenvalue weighted by atomic mass is 19.4. The monoisotopic (exact) mass is 543 g/mol. The van der Waals surface area contributed by atoms with Crippen LogP contribution < -0.4 is 5.32 Å². The molecule has 7 nitrogen and oxygen atoms in total. The van der Waals surface area contributed by atoms with E-state index in [2.05, 4.69) is 27.2 Å². The number of alkyl halides is 3. The zero-order chi connectivity index (χ0) is 28.1. The highest BCUT2D eigenvalue weighted by Crippen LogP contribution is 2.32. The van der Waals surface area contributed by atoms with Crippen molar-refractivity contribution < 1.29 is 22.8 Å². The fourth-order valence-corrected chi connectivity index (χ4v) is 4.50. The summed E-state index contributed by atoms with van der Waals surface area (Å²) in [7, 11) is 0. The van der Waals surface area contributed by atoms with Crippen LogP contribution in [0.1, 0.15) is 56.3 Å². The molecule has 202 valence electrons. The van der Waals surface area contributed by atoms with E-state index in [1.807, 2.05) is 42.5 Å². The Balaban J connectivity index is 1.16. The summed E-state index contributed by atoms with van der Waals surface area (Å²) < 4.78 is 41.4. The first kappa shape index (κ1) is 26.7. The molecule has 5 rings (SSSR count). The van der Waals surface area contributed by atoms with Crippen LogP contribution in [-0.4, -0.2) is 44.6 Å². The van der Waals surface area contributed by atoms with Crippen molar-refractivity contribution in [3.8, 4) is 11.8 Å². The standard InChI is InChI=1S/C30H24F3N5O2/c31-30(32,33)27-19-34-15-12-26(27)28(39)36-24-18-35-38(20-24)25-13-16-37(17-14-25)29(40)23-10-8-22(9-11-23)7-6-21-4-2-1-3-5-21/h1-5,8-12,15,18-20,25H,13-14,16-17H2,(H,36,39). The van der Waals surface area contributed by atoms with E-state index in [1.54, 1.807) is 27.9 Å². The van der Waals surface area contributed by atoms with Crippen LogP contribution in [0.4, 0.5) is 18.9 Å². The van der Waals surface area contributed by atoms with Gasteiger partial charge >= 0.3 is 6.18 Å². The van der Waals surface area contributed by atoms with Crippen molar-refractivity contribution in [1.82, 2.24) is 19.7 Å². The normalized spacial score (nSPS) is 13.8. The third kappa shape index (κ3) is 6.21. The first-order valence-electron chi connectivity index (χ1n) is 12.6. The molecular weight excluding hydrogens is 519 g/mol. The van der Waals surface area contributed by atoms with E-state index >= 15 is 0 Å². The van der Waals surface area contributed by atoms with Gasteiger partial charge in [-0.2, -0.15) is 18.3 Å². The van der Waals surface area contributed by atoms with Crippen LogP contribution >= 0.6 is 0 Å². The van der Waals surface area contributed by atoms with Gasteiger partial charge < -0.3 is 10.2 Å². The molecule has 1 aliphatic heterocycles. The first-order valence-corrected chi connectivity index (χ1v) is 12.6. The number of amides is 2. The van der Waals surface area contributed by atoms with Crippen molar-refractivity contribution >= 4 is 17.5 Å². The summed E-state index contributed by atoms with van der Waals surface area (Å²) in [5.41, 5.74) is 0.983. The molecule has 2 aromatic heterocycles. The van der Waals surface area contributed by atoms with Crippen LogP contribution in [0.5, 0.6) is 0 Å². The average molecular weight is 544 g/mol. The van der Waals surface area contributed by atoms with Gasteiger partial charge in [-0.3, -0.25) is 19.3 Å². The molecule has 0 saturated carbocycles. The summed E-state index contributed by atoms with van der Waals surface area (Å²) in [4.78, 5) is 30.8. The van der Waals surface area contributed by atoms with Gasteiger partial charge in [0.15, 0.2) is 0 Å². The predicted octanol–water partition coefficient (Wildman–Crippen LogP) is 5.43. The smallest absolute Gasteiger partial charge is 0.338 e. The van der Waals surface area contributed by atoms with Gasteiger partial charge in [0, 0.05) is 48.4 Å². The molecule has 4 aromatic rings. The fourth-order valence-electron chi connectivity index (χ4n) is 4.50. The van der Waals surface area contributed by atoms with Crippen LogP contribution in [0, 0.1) is 11.8 Å². The van der Waals surface area contributed by atoms with E-state index in [1.165, 1.54) is 6.20 Å². The van der Waals surface area contributed by atoms with Crippen LogP contribution in [0.3, 0.4) is 0 Å². The van der Waals surface area contributed by atoms with E-state index in [4.69, 9.17) is 0 Å². The molecular formula is C30H24F3N5O2. The average Bonchev–Trinajstić information content (AvgIpc) is 3.44. The number of hydrogen-bond acceptors (Lipinski definition) is 4. The molecule has 0 atom stereocenters. The van der Waals surface area contributed by atoms with E-state index in [0.29, 0.717) is 37.7 Å². The van der Waals surface area contributed by atoms with Crippen molar-refractivity contribution in [2.24, 2.45) is 0 Å².